The number of aliphatic imine (C=N–C) groups is 1. The lowest BCUT2D eigenvalue weighted by molar-refractivity contribution is -0.140. The van der Waals surface area contributed by atoms with E-state index in [1.165, 1.54) is 7.11 Å². The Bertz CT molecular complexity index is 251. The third-order valence-corrected chi connectivity index (χ3v) is 2.86. The van der Waals surface area contributed by atoms with Crippen LogP contribution in [0.1, 0.15) is 40.0 Å². The van der Waals surface area contributed by atoms with Gasteiger partial charge in [-0.3, -0.25) is 9.79 Å². The molecule has 0 fully saturated rings. The van der Waals surface area contributed by atoms with Gasteiger partial charge in [-0.05, 0) is 12.8 Å². The van der Waals surface area contributed by atoms with Gasteiger partial charge >= 0.3 is 5.97 Å². The van der Waals surface area contributed by atoms with Crippen LogP contribution < -0.4 is 10.6 Å². The summed E-state index contributed by atoms with van der Waals surface area (Å²) in [4.78, 5) is 15.5. The number of ether oxygens (including phenoxy) is 1. The Labute approximate surface area is 110 Å². The van der Waals surface area contributed by atoms with Crippen LogP contribution in [0.2, 0.25) is 0 Å². The Hall–Kier alpha value is -1.26. The van der Waals surface area contributed by atoms with Crippen molar-refractivity contribution in [1.29, 1.82) is 0 Å². The molecule has 0 saturated carbocycles. The zero-order valence-electron chi connectivity index (χ0n) is 12.1. The molecule has 0 bridgehead atoms. The summed E-state index contributed by atoms with van der Waals surface area (Å²) in [5.41, 5.74) is 0. The molecule has 0 unspecified atom stereocenters. The van der Waals surface area contributed by atoms with E-state index in [1.807, 2.05) is 6.92 Å². The van der Waals surface area contributed by atoms with E-state index < -0.39 is 0 Å². The fourth-order valence-corrected chi connectivity index (χ4v) is 1.49. The highest BCUT2D eigenvalue weighted by atomic mass is 16.5. The summed E-state index contributed by atoms with van der Waals surface area (Å²) in [5, 5.41) is 6.29. The Morgan fingerprint density at radius 3 is 2.39 bits per heavy atom. The van der Waals surface area contributed by atoms with Gasteiger partial charge in [-0.25, -0.2) is 0 Å². The maximum atomic E-state index is 11.0. The van der Waals surface area contributed by atoms with Crippen molar-refractivity contribution in [3.63, 3.8) is 0 Å². The quantitative estimate of drug-likeness (QED) is 0.393. The summed E-state index contributed by atoms with van der Waals surface area (Å²) in [6, 6.07) is 0. The smallest absolute Gasteiger partial charge is 0.307 e. The van der Waals surface area contributed by atoms with Gasteiger partial charge in [0, 0.05) is 19.6 Å². The highest BCUT2D eigenvalue weighted by Gasteiger charge is 2.04. The van der Waals surface area contributed by atoms with Crippen LogP contribution in [0.5, 0.6) is 0 Å². The minimum atomic E-state index is -0.210. The summed E-state index contributed by atoms with van der Waals surface area (Å²) in [6.07, 6.45) is 2.63. The summed E-state index contributed by atoms with van der Waals surface area (Å²) >= 11 is 0. The molecule has 0 aliphatic heterocycles. The lowest BCUT2D eigenvalue weighted by Gasteiger charge is -2.13. The second kappa shape index (κ2) is 10.9. The maximum Gasteiger partial charge on any atom is 0.307 e. The standard InChI is InChI=1S/C13H27N3O2/c1-5-11(6-2)10-16-13(14-7-3)15-9-8-12(17)18-4/h11H,5-10H2,1-4H3,(H2,14,15,16). The van der Waals surface area contributed by atoms with Crippen molar-refractivity contribution in [3.05, 3.63) is 0 Å². The maximum absolute atomic E-state index is 11.0. The number of carbonyl (C=O) groups is 1. The van der Waals surface area contributed by atoms with E-state index in [2.05, 4.69) is 34.2 Å². The van der Waals surface area contributed by atoms with Gasteiger partial charge in [0.1, 0.15) is 0 Å². The number of methoxy groups -OCH3 is 1. The second-order valence-electron chi connectivity index (χ2n) is 4.16. The fraction of sp³-hybridized carbons (Fsp3) is 0.846. The molecule has 0 spiro atoms. The minimum absolute atomic E-state index is 0.210. The molecule has 0 aromatic carbocycles. The third kappa shape index (κ3) is 7.92. The van der Waals surface area contributed by atoms with Crippen LogP contribution in [-0.2, 0) is 9.53 Å². The topological polar surface area (TPSA) is 62.7 Å². The number of hydrogen-bond donors (Lipinski definition) is 2. The van der Waals surface area contributed by atoms with E-state index >= 15 is 0 Å². The predicted octanol–water partition coefficient (Wildman–Crippen LogP) is 1.54. The Kier molecular flexibility index (Phi) is 10.1. The number of hydrogen-bond acceptors (Lipinski definition) is 3. The number of esters is 1. The van der Waals surface area contributed by atoms with Gasteiger partial charge in [0.05, 0.1) is 13.5 Å². The van der Waals surface area contributed by atoms with Gasteiger partial charge in [-0.15, -0.1) is 0 Å². The Morgan fingerprint density at radius 1 is 1.22 bits per heavy atom. The van der Waals surface area contributed by atoms with Gasteiger partial charge in [-0.2, -0.15) is 0 Å². The van der Waals surface area contributed by atoms with Crippen molar-refractivity contribution in [2.45, 2.75) is 40.0 Å². The van der Waals surface area contributed by atoms with Gasteiger partial charge in [0.25, 0.3) is 0 Å². The van der Waals surface area contributed by atoms with Crippen LogP contribution in [0.15, 0.2) is 4.99 Å². The molecule has 0 heterocycles. The molecule has 5 heteroatoms. The van der Waals surface area contributed by atoms with Crippen molar-refractivity contribution in [1.82, 2.24) is 10.6 Å². The van der Waals surface area contributed by atoms with Crippen molar-refractivity contribution in [2.24, 2.45) is 10.9 Å². The summed E-state index contributed by atoms with van der Waals surface area (Å²) in [5.74, 6) is 1.19. The second-order valence-corrected chi connectivity index (χ2v) is 4.16. The lowest BCUT2D eigenvalue weighted by atomic mass is 10.0. The zero-order chi connectivity index (χ0) is 13.8. The molecular formula is C13H27N3O2. The van der Waals surface area contributed by atoms with E-state index in [-0.39, 0.29) is 5.97 Å². The average molecular weight is 257 g/mol. The average Bonchev–Trinajstić information content (AvgIpc) is 2.39. The van der Waals surface area contributed by atoms with Gasteiger partial charge < -0.3 is 15.4 Å². The first-order valence-electron chi connectivity index (χ1n) is 6.76. The normalized spacial score (nSPS) is 11.5. The molecular weight excluding hydrogens is 230 g/mol. The minimum Gasteiger partial charge on any atom is -0.469 e. The van der Waals surface area contributed by atoms with Crippen LogP contribution >= 0.6 is 0 Å². The van der Waals surface area contributed by atoms with Crippen LogP contribution in [0.4, 0.5) is 0 Å². The number of nitrogens with one attached hydrogen (secondary N) is 2. The van der Waals surface area contributed by atoms with E-state index in [0.717, 1.165) is 31.9 Å². The molecule has 106 valence electrons. The molecule has 5 nitrogen and oxygen atoms in total. The van der Waals surface area contributed by atoms with Crippen molar-refractivity contribution >= 4 is 11.9 Å². The highest BCUT2D eigenvalue weighted by molar-refractivity contribution is 5.80. The van der Waals surface area contributed by atoms with E-state index in [4.69, 9.17) is 0 Å². The van der Waals surface area contributed by atoms with E-state index in [1.54, 1.807) is 0 Å². The molecule has 0 saturated heterocycles. The molecule has 2 N–H and O–H groups in total. The number of rotatable bonds is 8. The van der Waals surface area contributed by atoms with E-state index in [9.17, 15) is 4.79 Å². The molecule has 0 aliphatic carbocycles. The monoisotopic (exact) mass is 257 g/mol. The van der Waals surface area contributed by atoms with Crippen molar-refractivity contribution in [2.75, 3.05) is 26.7 Å². The third-order valence-electron chi connectivity index (χ3n) is 2.86. The molecule has 0 radical (unpaired) electrons. The first-order valence-corrected chi connectivity index (χ1v) is 6.76. The van der Waals surface area contributed by atoms with Gasteiger partial charge in [0.15, 0.2) is 5.96 Å². The number of guanidine groups is 1. The van der Waals surface area contributed by atoms with E-state index in [0.29, 0.717) is 18.9 Å². The summed E-state index contributed by atoms with van der Waals surface area (Å²) < 4.78 is 4.59. The van der Waals surface area contributed by atoms with Crippen LogP contribution in [0.3, 0.4) is 0 Å². The molecule has 0 aromatic rings. The largest absolute Gasteiger partial charge is 0.469 e. The Balaban J connectivity index is 4.11. The molecule has 0 amide bonds. The van der Waals surface area contributed by atoms with Crippen LogP contribution in [-0.4, -0.2) is 38.7 Å². The first-order chi connectivity index (χ1) is 8.67. The highest BCUT2D eigenvalue weighted by Crippen LogP contribution is 2.06. The number of carbonyl (C=O) groups excluding carboxylic acids is 1. The van der Waals surface area contributed by atoms with Crippen LogP contribution in [0.25, 0.3) is 0 Å². The number of nitrogens with zero attached hydrogens (tertiary/aromatic N) is 1. The molecule has 0 aromatic heterocycles. The Morgan fingerprint density at radius 2 is 1.89 bits per heavy atom. The van der Waals surface area contributed by atoms with Gasteiger partial charge in [-0.1, -0.05) is 26.7 Å². The molecule has 18 heavy (non-hydrogen) atoms. The predicted molar refractivity (Wildman–Crippen MR) is 74.7 cm³/mol. The van der Waals surface area contributed by atoms with Crippen LogP contribution in [0, 0.1) is 5.92 Å². The molecule has 0 rings (SSSR count). The van der Waals surface area contributed by atoms with Gasteiger partial charge in [0.2, 0.25) is 0 Å². The van der Waals surface area contributed by atoms with Crippen molar-refractivity contribution < 1.29 is 9.53 Å². The lowest BCUT2D eigenvalue weighted by Crippen LogP contribution is -2.38. The zero-order valence-corrected chi connectivity index (χ0v) is 12.1. The summed E-state index contributed by atoms with van der Waals surface area (Å²) in [6.45, 7) is 8.56. The SMILES string of the molecule is CCNC(=NCC(CC)CC)NCCC(=O)OC. The van der Waals surface area contributed by atoms with Crippen molar-refractivity contribution in [3.8, 4) is 0 Å². The summed E-state index contributed by atoms with van der Waals surface area (Å²) in [7, 11) is 1.40. The molecule has 0 aliphatic rings. The molecule has 0 atom stereocenters. The first kappa shape index (κ1) is 16.7. The fourth-order valence-electron chi connectivity index (χ4n) is 1.49.